The van der Waals surface area contributed by atoms with Crippen LogP contribution in [0.4, 0.5) is 0 Å². The van der Waals surface area contributed by atoms with E-state index in [1.165, 1.54) is 32.1 Å². The lowest BCUT2D eigenvalue weighted by molar-refractivity contribution is 0.0833. The fourth-order valence-corrected chi connectivity index (χ4v) is 1.51. The quantitative estimate of drug-likeness (QED) is 0.555. The molecule has 1 fully saturated rings. The van der Waals surface area contributed by atoms with E-state index in [2.05, 4.69) is 0 Å². The van der Waals surface area contributed by atoms with Gasteiger partial charge in [-0.15, -0.1) is 0 Å². The summed E-state index contributed by atoms with van der Waals surface area (Å²) >= 11 is 0. The third-order valence-electron chi connectivity index (χ3n) is 2.31. The van der Waals surface area contributed by atoms with Gasteiger partial charge in [0.15, 0.2) is 0 Å². The lowest BCUT2D eigenvalue weighted by atomic mass is 9.98. The fourth-order valence-electron chi connectivity index (χ4n) is 1.51. The van der Waals surface area contributed by atoms with Gasteiger partial charge in [-0.3, -0.25) is 0 Å². The molecular formula is C10H18O. The summed E-state index contributed by atoms with van der Waals surface area (Å²) in [7, 11) is 0. The molecule has 0 spiro atoms. The van der Waals surface area contributed by atoms with Gasteiger partial charge in [0.05, 0.1) is 11.9 Å². The number of hydrogen-bond donors (Lipinski definition) is 0. The van der Waals surface area contributed by atoms with Crippen molar-refractivity contribution in [3.05, 3.63) is 11.8 Å². The molecule has 0 amide bonds. The topological polar surface area (TPSA) is 9.23 Å². The standard InChI is InChI=1S/C10H18O/c1-3-9(2)11-10-7-5-4-6-8-10/h3,10H,4-8H2,1-2H3/b9-3+. The highest BCUT2D eigenvalue weighted by Crippen LogP contribution is 2.21. The molecule has 0 radical (unpaired) electrons. The van der Waals surface area contributed by atoms with E-state index in [1.807, 2.05) is 19.9 Å². The zero-order valence-corrected chi connectivity index (χ0v) is 7.60. The Morgan fingerprint density at radius 3 is 2.45 bits per heavy atom. The van der Waals surface area contributed by atoms with E-state index in [0.29, 0.717) is 6.10 Å². The van der Waals surface area contributed by atoms with E-state index in [9.17, 15) is 0 Å². The van der Waals surface area contributed by atoms with Crippen LogP contribution in [0, 0.1) is 0 Å². The zero-order valence-electron chi connectivity index (χ0n) is 7.60. The third kappa shape index (κ3) is 2.96. The van der Waals surface area contributed by atoms with Gasteiger partial charge >= 0.3 is 0 Å². The summed E-state index contributed by atoms with van der Waals surface area (Å²) < 4.78 is 5.70. The minimum atomic E-state index is 0.514. The van der Waals surface area contributed by atoms with Crippen molar-refractivity contribution in [1.82, 2.24) is 0 Å². The molecule has 0 aromatic carbocycles. The number of ether oxygens (including phenoxy) is 1. The highest BCUT2D eigenvalue weighted by atomic mass is 16.5. The molecule has 0 unspecified atom stereocenters. The number of allylic oxidation sites excluding steroid dienone is 2. The molecule has 0 N–H and O–H groups in total. The number of hydrogen-bond acceptors (Lipinski definition) is 1. The predicted octanol–water partition coefficient (Wildman–Crippen LogP) is 3.26. The van der Waals surface area contributed by atoms with Gasteiger partial charge in [-0.2, -0.15) is 0 Å². The first-order valence-electron chi connectivity index (χ1n) is 4.62. The molecule has 0 saturated heterocycles. The normalized spacial score (nSPS) is 21.8. The molecule has 1 saturated carbocycles. The molecule has 64 valence electrons. The van der Waals surface area contributed by atoms with Gasteiger partial charge < -0.3 is 4.74 Å². The maximum atomic E-state index is 5.70. The first kappa shape index (κ1) is 8.63. The molecule has 0 atom stereocenters. The summed E-state index contributed by atoms with van der Waals surface area (Å²) in [6.45, 7) is 4.06. The van der Waals surface area contributed by atoms with Gasteiger partial charge in [-0.1, -0.05) is 6.42 Å². The Bertz CT molecular complexity index is 132. The van der Waals surface area contributed by atoms with Crippen molar-refractivity contribution in [1.29, 1.82) is 0 Å². The lowest BCUT2D eigenvalue weighted by Gasteiger charge is -2.23. The van der Waals surface area contributed by atoms with Gasteiger partial charge in [0.25, 0.3) is 0 Å². The van der Waals surface area contributed by atoms with E-state index in [-0.39, 0.29) is 0 Å². The highest BCUT2D eigenvalue weighted by molar-refractivity contribution is 4.86. The van der Waals surface area contributed by atoms with Crippen molar-refractivity contribution >= 4 is 0 Å². The van der Waals surface area contributed by atoms with E-state index < -0.39 is 0 Å². The van der Waals surface area contributed by atoms with Crippen LogP contribution in [-0.2, 0) is 4.74 Å². The molecule has 0 heterocycles. The van der Waals surface area contributed by atoms with Gasteiger partial charge in [-0.05, 0) is 45.6 Å². The molecule has 1 aliphatic carbocycles. The summed E-state index contributed by atoms with van der Waals surface area (Å²) in [6.07, 6.45) is 9.16. The van der Waals surface area contributed by atoms with E-state index >= 15 is 0 Å². The van der Waals surface area contributed by atoms with E-state index in [0.717, 1.165) is 5.76 Å². The summed E-state index contributed by atoms with van der Waals surface area (Å²) in [4.78, 5) is 0. The van der Waals surface area contributed by atoms with Crippen molar-refractivity contribution in [2.24, 2.45) is 0 Å². The van der Waals surface area contributed by atoms with Crippen molar-refractivity contribution < 1.29 is 4.74 Å². The lowest BCUT2D eigenvalue weighted by Crippen LogP contribution is -2.15. The van der Waals surface area contributed by atoms with E-state index in [1.54, 1.807) is 0 Å². The van der Waals surface area contributed by atoms with Gasteiger partial charge in [0.1, 0.15) is 0 Å². The van der Waals surface area contributed by atoms with Crippen LogP contribution in [0.2, 0.25) is 0 Å². The van der Waals surface area contributed by atoms with Crippen LogP contribution in [0.15, 0.2) is 11.8 Å². The first-order valence-corrected chi connectivity index (χ1v) is 4.62. The Morgan fingerprint density at radius 1 is 1.27 bits per heavy atom. The van der Waals surface area contributed by atoms with Crippen LogP contribution in [0.3, 0.4) is 0 Å². The molecule has 1 heteroatoms. The molecule has 1 aliphatic rings. The predicted molar refractivity (Wildman–Crippen MR) is 47.4 cm³/mol. The van der Waals surface area contributed by atoms with Crippen molar-refractivity contribution in [2.45, 2.75) is 52.1 Å². The van der Waals surface area contributed by atoms with Crippen LogP contribution in [-0.4, -0.2) is 6.10 Å². The Hall–Kier alpha value is -0.460. The zero-order chi connectivity index (χ0) is 8.10. The second-order valence-corrected chi connectivity index (χ2v) is 3.28. The summed E-state index contributed by atoms with van der Waals surface area (Å²) in [5.41, 5.74) is 0. The fraction of sp³-hybridized carbons (Fsp3) is 0.800. The van der Waals surface area contributed by atoms with Crippen LogP contribution < -0.4 is 0 Å². The average Bonchev–Trinajstić information content (AvgIpc) is 2.06. The summed E-state index contributed by atoms with van der Waals surface area (Å²) in [5, 5.41) is 0. The molecule has 0 bridgehead atoms. The number of rotatable bonds is 2. The maximum Gasteiger partial charge on any atom is 0.0982 e. The van der Waals surface area contributed by atoms with Crippen LogP contribution >= 0.6 is 0 Å². The van der Waals surface area contributed by atoms with E-state index in [4.69, 9.17) is 4.74 Å². The Labute approximate surface area is 69.4 Å². The summed E-state index contributed by atoms with van der Waals surface area (Å²) in [6, 6.07) is 0. The van der Waals surface area contributed by atoms with Gasteiger partial charge in [0, 0.05) is 0 Å². The average molecular weight is 154 g/mol. The highest BCUT2D eigenvalue weighted by Gasteiger charge is 2.13. The maximum absolute atomic E-state index is 5.70. The molecule has 1 rings (SSSR count). The van der Waals surface area contributed by atoms with Gasteiger partial charge in [0.2, 0.25) is 0 Å². The molecule has 0 aromatic rings. The van der Waals surface area contributed by atoms with Crippen LogP contribution in [0.5, 0.6) is 0 Å². The second kappa shape index (κ2) is 4.42. The SMILES string of the molecule is C/C=C(\C)OC1CCCCC1. The van der Waals surface area contributed by atoms with Crippen molar-refractivity contribution in [3.8, 4) is 0 Å². The van der Waals surface area contributed by atoms with Crippen molar-refractivity contribution in [2.75, 3.05) is 0 Å². The monoisotopic (exact) mass is 154 g/mol. The minimum Gasteiger partial charge on any atom is -0.495 e. The third-order valence-corrected chi connectivity index (χ3v) is 2.31. The Balaban J connectivity index is 2.24. The molecule has 0 aliphatic heterocycles. The van der Waals surface area contributed by atoms with Gasteiger partial charge in [-0.25, -0.2) is 0 Å². The van der Waals surface area contributed by atoms with Crippen LogP contribution in [0.1, 0.15) is 46.0 Å². The minimum absolute atomic E-state index is 0.514. The summed E-state index contributed by atoms with van der Waals surface area (Å²) in [5.74, 6) is 1.08. The van der Waals surface area contributed by atoms with Crippen molar-refractivity contribution in [3.63, 3.8) is 0 Å². The first-order chi connectivity index (χ1) is 5.33. The molecule has 0 aromatic heterocycles. The molecule has 11 heavy (non-hydrogen) atoms. The Morgan fingerprint density at radius 2 is 1.91 bits per heavy atom. The smallest absolute Gasteiger partial charge is 0.0982 e. The molecular weight excluding hydrogens is 136 g/mol. The second-order valence-electron chi connectivity index (χ2n) is 3.28. The largest absolute Gasteiger partial charge is 0.495 e. The molecule has 1 nitrogen and oxygen atoms in total. The Kier molecular flexibility index (Phi) is 3.47. The van der Waals surface area contributed by atoms with Crippen LogP contribution in [0.25, 0.3) is 0 Å².